The summed E-state index contributed by atoms with van der Waals surface area (Å²) in [6.07, 6.45) is 0.0829. The molecule has 214 valence electrons. The minimum atomic E-state index is -1.39. The molecule has 1 saturated heterocycles. The van der Waals surface area contributed by atoms with Gasteiger partial charge in [-0.1, -0.05) is 36.4 Å². The third-order valence-corrected chi connectivity index (χ3v) is 6.42. The molecule has 1 aromatic carbocycles. The summed E-state index contributed by atoms with van der Waals surface area (Å²) in [6.45, 7) is 3.44. The number of nitrogens with one attached hydrogen (secondary N) is 1. The number of hydrogen-bond donors (Lipinski definition) is 4. The van der Waals surface area contributed by atoms with Crippen LogP contribution in [0.5, 0.6) is 0 Å². The molecule has 14 nitrogen and oxygen atoms in total. The van der Waals surface area contributed by atoms with Crippen molar-refractivity contribution in [3.63, 3.8) is 0 Å². The second-order valence-electron chi connectivity index (χ2n) is 8.89. The Labute approximate surface area is 231 Å². The second kappa shape index (κ2) is 14.2. The van der Waals surface area contributed by atoms with Gasteiger partial charge in [-0.05, 0) is 12.0 Å². The number of benzene rings is 1. The van der Waals surface area contributed by atoms with Crippen LogP contribution in [0.3, 0.4) is 0 Å². The van der Waals surface area contributed by atoms with Crippen LogP contribution in [-0.2, 0) is 34.9 Å². The fourth-order valence-corrected chi connectivity index (χ4v) is 4.40. The monoisotopic (exact) mass is 574 g/mol. The van der Waals surface area contributed by atoms with E-state index in [-0.39, 0.29) is 32.1 Å². The van der Waals surface area contributed by atoms with Gasteiger partial charge in [0.05, 0.1) is 26.1 Å². The highest BCUT2D eigenvalue weighted by Gasteiger charge is 2.48. The zero-order valence-corrected chi connectivity index (χ0v) is 22.5. The third kappa shape index (κ3) is 7.16. The Morgan fingerprint density at radius 1 is 1.27 bits per heavy atom. The van der Waals surface area contributed by atoms with Crippen LogP contribution < -0.4 is 11.1 Å². The van der Waals surface area contributed by atoms with E-state index < -0.39 is 51.5 Å². The topological polar surface area (TPSA) is 193 Å². The molecule has 15 heteroatoms. The fourth-order valence-electron chi connectivity index (χ4n) is 4.16. The van der Waals surface area contributed by atoms with Crippen molar-refractivity contribution < 1.29 is 38.3 Å². The van der Waals surface area contributed by atoms with Crippen molar-refractivity contribution in [2.24, 2.45) is 0 Å². The summed E-state index contributed by atoms with van der Waals surface area (Å²) in [7, 11) is -0.856. The minimum absolute atomic E-state index is 0.121. The number of imidazole rings is 1. The molecule has 3 aromatic rings. The number of nitrogens with two attached hydrogens (primary N) is 1. The molecule has 0 radical (unpaired) electrons. The van der Waals surface area contributed by atoms with Crippen molar-refractivity contribution in [2.45, 2.75) is 50.0 Å². The number of amides is 1. The maximum atomic E-state index is 13.3. The zero-order chi connectivity index (χ0) is 28.5. The number of hydrogen-bond acceptors (Lipinski definition) is 12. The number of ether oxygens (including phenoxy) is 3. The molecule has 0 saturated carbocycles. The Balaban J connectivity index is 1.50. The lowest BCUT2D eigenvalue weighted by Gasteiger charge is -2.24. The molecule has 40 heavy (non-hydrogen) atoms. The highest BCUT2D eigenvalue weighted by atomic mass is 31.1. The number of aromatic nitrogens is 4. The van der Waals surface area contributed by atoms with E-state index in [1.165, 1.54) is 17.2 Å². The van der Waals surface area contributed by atoms with Crippen molar-refractivity contribution >= 4 is 37.9 Å². The Morgan fingerprint density at radius 2 is 2.08 bits per heavy atom. The maximum absolute atomic E-state index is 13.3. The summed E-state index contributed by atoms with van der Waals surface area (Å²) in [6, 6.07) is 8.16. The number of aliphatic hydroxyl groups excluding tert-OH is 1. The van der Waals surface area contributed by atoms with Gasteiger partial charge in [-0.25, -0.2) is 19.7 Å². The smallest absolute Gasteiger partial charge is 0.331 e. The molecule has 5 N–H and O–H groups in total. The number of esters is 1. The number of rotatable bonds is 14. The van der Waals surface area contributed by atoms with E-state index in [1.807, 2.05) is 30.3 Å². The summed E-state index contributed by atoms with van der Waals surface area (Å²) < 4.78 is 23.9. The van der Waals surface area contributed by atoms with Gasteiger partial charge in [0.2, 0.25) is 5.91 Å². The molecule has 3 heterocycles. The molecular weight excluding hydrogens is 543 g/mol. The molecule has 6 atom stereocenters. The van der Waals surface area contributed by atoms with E-state index in [1.54, 1.807) is 6.08 Å². The lowest BCUT2D eigenvalue weighted by Crippen LogP contribution is -2.48. The van der Waals surface area contributed by atoms with Gasteiger partial charge in [0.15, 0.2) is 38.9 Å². The van der Waals surface area contributed by atoms with Gasteiger partial charge in [-0.15, -0.1) is 6.58 Å². The van der Waals surface area contributed by atoms with Crippen LogP contribution in [0.4, 0.5) is 5.82 Å². The molecule has 2 aromatic heterocycles. The second-order valence-corrected chi connectivity index (χ2v) is 9.36. The van der Waals surface area contributed by atoms with Gasteiger partial charge >= 0.3 is 5.97 Å². The average Bonchev–Trinajstić information content (AvgIpc) is 3.52. The first-order valence-corrected chi connectivity index (χ1v) is 13.3. The predicted molar refractivity (Wildman–Crippen MR) is 143 cm³/mol. The first-order chi connectivity index (χ1) is 19.4. The number of allylic oxidation sites excluding steroid dienone is 1. The van der Waals surface area contributed by atoms with Gasteiger partial charge in [0, 0.05) is 6.42 Å². The number of carbonyl (C=O) groups excluding carboxylic acids is 2. The van der Waals surface area contributed by atoms with Crippen LogP contribution in [0.25, 0.3) is 11.2 Å². The van der Waals surface area contributed by atoms with Gasteiger partial charge in [0.25, 0.3) is 0 Å². The van der Waals surface area contributed by atoms with Crippen LogP contribution in [-0.4, -0.2) is 79.0 Å². The first kappa shape index (κ1) is 29.5. The SMILES string of the molecule is C=CCCC(=O)N[C@@H](COCc1ccccc1)C(=O)O[C@@H]1C(COPO)O[C@@H](n2cnc3c(N)ncnc32)[C@@H]1O. The van der Waals surface area contributed by atoms with Crippen LogP contribution in [0.15, 0.2) is 55.6 Å². The predicted octanol–water partition coefficient (Wildman–Crippen LogP) is 0.764. The number of aliphatic hydroxyl groups is 1. The summed E-state index contributed by atoms with van der Waals surface area (Å²) in [5.74, 6) is -1.09. The largest absolute Gasteiger partial charge is 0.455 e. The van der Waals surface area contributed by atoms with Gasteiger partial charge in [-0.2, -0.15) is 0 Å². The Bertz CT molecular complexity index is 1290. The van der Waals surface area contributed by atoms with Gasteiger partial charge in [0.1, 0.15) is 24.1 Å². The maximum Gasteiger partial charge on any atom is 0.331 e. The molecule has 1 aliphatic heterocycles. The quantitative estimate of drug-likeness (QED) is 0.120. The molecular formula is C25H31N6O8P. The van der Waals surface area contributed by atoms with Crippen molar-refractivity contribution in [1.29, 1.82) is 0 Å². The highest BCUT2D eigenvalue weighted by molar-refractivity contribution is 7.24. The number of nitrogen functional groups attached to an aromatic ring is 1. The molecule has 1 fully saturated rings. The van der Waals surface area contributed by atoms with Crippen molar-refractivity contribution in [3.8, 4) is 0 Å². The molecule has 0 spiro atoms. The lowest BCUT2D eigenvalue weighted by atomic mass is 10.1. The number of nitrogens with zero attached hydrogens (tertiary/aromatic N) is 4. The Kier molecular flexibility index (Phi) is 10.5. The van der Waals surface area contributed by atoms with Crippen molar-refractivity contribution in [3.05, 3.63) is 61.2 Å². The number of fused-ring (bicyclic) bond motifs is 1. The van der Waals surface area contributed by atoms with E-state index in [9.17, 15) is 19.6 Å². The van der Waals surface area contributed by atoms with Crippen molar-refractivity contribution in [1.82, 2.24) is 24.8 Å². The molecule has 0 aliphatic carbocycles. The van der Waals surface area contributed by atoms with E-state index in [0.717, 1.165) is 5.56 Å². The average molecular weight is 575 g/mol. The van der Waals surface area contributed by atoms with E-state index in [0.29, 0.717) is 17.6 Å². The van der Waals surface area contributed by atoms with Crippen LogP contribution in [0, 0.1) is 0 Å². The van der Waals surface area contributed by atoms with Crippen molar-refractivity contribution in [2.75, 3.05) is 18.9 Å². The van der Waals surface area contributed by atoms with Crippen LogP contribution in [0.2, 0.25) is 0 Å². The standard InChI is InChI=1S/C25H31N6O8P/c1-2-3-9-18(32)30-16(11-36-10-15-7-5-4-6-8-15)25(34)39-21-17(12-37-40-35)38-24(20(21)33)31-14-29-19-22(26)27-13-28-23(19)31/h2,4-8,13-14,16-17,20-21,24,33,35,40H,1,3,9-12H2,(H,30,32)(H2,26,27,28)/t16-,17?,20+,21+,24+/m0/s1. The number of anilines is 1. The third-order valence-electron chi connectivity index (χ3n) is 6.13. The molecule has 1 amide bonds. The summed E-state index contributed by atoms with van der Waals surface area (Å²) in [5.41, 5.74) is 7.36. The molecule has 4 rings (SSSR count). The Morgan fingerprint density at radius 3 is 2.83 bits per heavy atom. The summed E-state index contributed by atoms with van der Waals surface area (Å²) in [5, 5.41) is 13.8. The summed E-state index contributed by atoms with van der Waals surface area (Å²) in [4.78, 5) is 47.2. The Hall–Kier alpha value is -3.52. The van der Waals surface area contributed by atoms with E-state index >= 15 is 0 Å². The number of carbonyl (C=O) groups is 2. The molecule has 1 aliphatic rings. The lowest BCUT2D eigenvalue weighted by molar-refractivity contribution is -0.161. The minimum Gasteiger partial charge on any atom is -0.455 e. The first-order valence-electron chi connectivity index (χ1n) is 12.4. The molecule has 0 bridgehead atoms. The van der Waals surface area contributed by atoms with Gasteiger partial charge < -0.3 is 39.8 Å². The van der Waals surface area contributed by atoms with Crippen LogP contribution >= 0.6 is 9.03 Å². The van der Waals surface area contributed by atoms with Crippen LogP contribution in [0.1, 0.15) is 24.6 Å². The molecule has 2 unspecified atom stereocenters. The summed E-state index contributed by atoms with van der Waals surface area (Å²) >= 11 is 0. The highest BCUT2D eigenvalue weighted by Crippen LogP contribution is 2.34. The fraction of sp³-hybridized carbons (Fsp3) is 0.400. The zero-order valence-electron chi connectivity index (χ0n) is 21.5. The van der Waals surface area contributed by atoms with Gasteiger partial charge in [-0.3, -0.25) is 9.36 Å². The normalized spacial score (nSPS) is 21.6. The van der Waals surface area contributed by atoms with E-state index in [4.69, 9.17) is 24.5 Å². The van der Waals surface area contributed by atoms with E-state index in [2.05, 4.69) is 26.8 Å².